The third-order valence-electron chi connectivity index (χ3n) is 15.5. The van der Waals surface area contributed by atoms with Crippen LogP contribution in [-0.2, 0) is 11.8 Å². The van der Waals surface area contributed by atoms with Gasteiger partial charge in [-0.3, -0.25) is 4.57 Å². The van der Waals surface area contributed by atoms with E-state index in [-0.39, 0.29) is 5.41 Å². The van der Waals surface area contributed by atoms with Gasteiger partial charge in [0, 0.05) is 51.5 Å². The zero-order valence-electron chi connectivity index (χ0n) is 42.8. The van der Waals surface area contributed by atoms with Crippen molar-refractivity contribution < 1.29 is 4.74 Å². The first-order valence-electron chi connectivity index (χ1n) is 26.3. The number of benzene rings is 10. The van der Waals surface area contributed by atoms with Crippen LogP contribution in [0.4, 0.5) is 22.7 Å². The summed E-state index contributed by atoms with van der Waals surface area (Å²) < 4.78 is 9.35. The van der Waals surface area contributed by atoms with Gasteiger partial charge in [0.1, 0.15) is 24.0 Å². The van der Waals surface area contributed by atoms with Crippen LogP contribution in [0.3, 0.4) is 0 Å². The average molecular weight is 979 g/mol. The third-order valence-corrected chi connectivity index (χ3v) is 15.5. The summed E-state index contributed by atoms with van der Waals surface area (Å²) in [6, 6.07) is 87.8. The number of aromatic nitrogens is 2. The fraction of sp³-hybridized carbons (Fsp3) is 0.0845. The minimum Gasteiger partial charge on any atom is -0.457 e. The summed E-state index contributed by atoms with van der Waals surface area (Å²) in [6.07, 6.45) is 2.88. The smallest absolute Gasteiger partial charge is 0.137 e. The molecule has 10 aromatic carbocycles. The average Bonchev–Trinajstić information content (AvgIpc) is 4.22. The molecule has 0 saturated heterocycles. The lowest BCUT2D eigenvalue weighted by molar-refractivity contribution is 0.483. The minimum absolute atomic E-state index is 0.0498. The largest absolute Gasteiger partial charge is 0.457 e. The molecule has 3 heterocycles. The fourth-order valence-electron chi connectivity index (χ4n) is 11.8. The van der Waals surface area contributed by atoms with Crippen LogP contribution < -0.4 is 14.5 Å². The summed E-state index contributed by atoms with van der Waals surface area (Å²) in [7, 11) is 0. The molecule has 5 heteroatoms. The molecule has 5 nitrogen and oxygen atoms in total. The number of anilines is 4. The first-order valence-corrected chi connectivity index (χ1v) is 26.3. The Hall–Kier alpha value is -9.45. The SMILES string of the molecule is CC(C)(C)c1ccnc(-n2c3cc(Oc4cccc(N5CN(c6c(-c7cccc(-c8ccccc8)c7)cccc6-c6cccc(-c7ccccc7)c6)c6ccccc65)c4)ccc3c3ccc4c(c32)-c2ccccc2C4)c1. The minimum atomic E-state index is -0.0498. The van der Waals surface area contributed by atoms with E-state index in [1.54, 1.807) is 0 Å². The number of ether oxygens (including phenoxy) is 1. The Morgan fingerprint density at radius 2 is 1.01 bits per heavy atom. The summed E-state index contributed by atoms with van der Waals surface area (Å²) >= 11 is 0. The number of rotatable bonds is 9. The normalized spacial score (nSPS) is 12.8. The third kappa shape index (κ3) is 7.82. The lowest BCUT2D eigenvalue weighted by Crippen LogP contribution is -2.25. The highest BCUT2D eigenvalue weighted by atomic mass is 16.5. The Kier molecular flexibility index (Phi) is 10.8. The molecule has 0 atom stereocenters. The second-order valence-electron chi connectivity index (χ2n) is 21.2. The fourth-order valence-corrected chi connectivity index (χ4v) is 11.8. The van der Waals surface area contributed by atoms with Crippen molar-refractivity contribution in [3.63, 3.8) is 0 Å². The molecule has 0 unspecified atom stereocenters. The van der Waals surface area contributed by atoms with E-state index in [9.17, 15) is 0 Å². The van der Waals surface area contributed by atoms with Crippen LogP contribution in [0.5, 0.6) is 11.5 Å². The van der Waals surface area contributed by atoms with Crippen molar-refractivity contribution in [3.8, 4) is 73.0 Å². The monoisotopic (exact) mass is 978 g/mol. The molecule has 2 aromatic heterocycles. The molecule has 0 amide bonds. The van der Waals surface area contributed by atoms with E-state index in [1.807, 2.05) is 6.20 Å². The molecule has 2 aliphatic rings. The summed E-state index contributed by atoms with van der Waals surface area (Å²) in [5, 5.41) is 2.37. The van der Waals surface area contributed by atoms with Crippen LogP contribution in [-0.4, -0.2) is 16.2 Å². The topological polar surface area (TPSA) is 33.5 Å². The molecule has 0 radical (unpaired) electrons. The van der Waals surface area contributed by atoms with E-state index < -0.39 is 0 Å². The lowest BCUT2D eigenvalue weighted by atomic mass is 9.88. The predicted molar refractivity (Wildman–Crippen MR) is 316 cm³/mol. The number of pyridine rings is 1. The molecule has 1 aliphatic heterocycles. The predicted octanol–water partition coefficient (Wildman–Crippen LogP) is 18.8. The van der Waals surface area contributed by atoms with Crippen LogP contribution >= 0.6 is 0 Å². The number of nitrogens with zero attached hydrogens (tertiary/aromatic N) is 4. The van der Waals surface area contributed by atoms with Gasteiger partial charge < -0.3 is 14.5 Å². The van der Waals surface area contributed by atoms with Gasteiger partial charge in [-0.25, -0.2) is 4.98 Å². The van der Waals surface area contributed by atoms with Crippen LogP contribution in [0.25, 0.3) is 83.3 Å². The van der Waals surface area contributed by atoms with E-state index in [4.69, 9.17) is 9.72 Å². The van der Waals surface area contributed by atoms with Gasteiger partial charge in [0.2, 0.25) is 0 Å². The van der Waals surface area contributed by atoms with Gasteiger partial charge in [0.05, 0.1) is 28.1 Å². The zero-order valence-corrected chi connectivity index (χ0v) is 42.8. The molecule has 0 spiro atoms. The molecule has 0 saturated carbocycles. The molecule has 0 fully saturated rings. The van der Waals surface area contributed by atoms with Crippen molar-refractivity contribution in [2.24, 2.45) is 0 Å². The van der Waals surface area contributed by atoms with Gasteiger partial charge in [-0.05, 0) is 128 Å². The molecule has 12 aromatic rings. The Morgan fingerprint density at radius 3 is 1.72 bits per heavy atom. The Balaban J connectivity index is 0.868. The Bertz CT molecular complexity index is 4100. The van der Waals surface area contributed by atoms with Gasteiger partial charge in [-0.15, -0.1) is 0 Å². The van der Waals surface area contributed by atoms with Gasteiger partial charge in [-0.2, -0.15) is 0 Å². The van der Waals surface area contributed by atoms with Gasteiger partial charge in [-0.1, -0.05) is 191 Å². The number of para-hydroxylation sites is 3. The maximum atomic E-state index is 6.98. The van der Waals surface area contributed by atoms with Gasteiger partial charge in [0.25, 0.3) is 0 Å². The maximum absolute atomic E-state index is 6.98. The van der Waals surface area contributed by atoms with Crippen LogP contribution in [0.15, 0.2) is 249 Å². The number of fused-ring (bicyclic) bond motifs is 8. The Labute approximate surface area is 444 Å². The van der Waals surface area contributed by atoms with E-state index in [2.05, 4.69) is 278 Å². The van der Waals surface area contributed by atoms with E-state index in [1.165, 1.54) is 66.4 Å². The van der Waals surface area contributed by atoms with Crippen LogP contribution in [0, 0.1) is 0 Å². The standard InChI is InChI=1S/C71H54N4O/c1-71(2,3)55-38-39-72-67(43-55)75-66-45-58(35-37-62(66)63-36-34-54-42-51-22-10-11-29-59(51)68(54)70(63)75)76-57-28-16-27-56(44-57)73-46-74(65-33-13-12-32-64(65)73)69-60(52-25-14-23-49(40-52)47-18-6-4-7-19-47)30-17-31-61(69)53-26-15-24-50(41-53)48-20-8-5-9-21-48/h4-41,43-45H,42,46H2,1-3H3. The number of hydrogen-bond donors (Lipinski definition) is 0. The van der Waals surface area contributed by atoms with Crippen molar-refractivity contribution in [2.45, 2.75) is 32.6 Å². The highest BCUT2D eigenvalue weighted by molar-refractivity contribution is 6.15. The van der Waals surface area contributed by atoms with Crippen LogP contribution in [0.1, 0.15) is 37.5 Å². The summed E-state index contributed by atoms with van der Waals surface area (Å²) in [5.74, 6) is 2.42. The molecular weight excluding hydrogens is 925 g/mol. The van der Waals surface area contributed by atoms with Crippen molar-refractivity contribution in [1.29, 1.82) is 0 Å². The van der Waals surface area contributed by atoms with E-state index in [0.29, 0.717) is 6.67 Å². The number of hydrogen-bond acceptors (Lipinski definition) is 4. The van der Waals surface area contributed by atoms with E-state index in [0.717, 1.165) is 74.3 Å². The molecule has 364 valence electrons. The second-order valence-corrected chi connectivity index (χ2v) is 21.2. The second kappa shape index (κ2) is 18.2. The molecule has 14 rings (SSSR count). The maximum Gasteiger partial charge on any atom is 0.137 e. The quantitative estimate of drug-likeness (QED) is 0.144. The van der Waals surface area contributed by atoms with Crippen molar-refractivity contribution in [3.05, 3.63) is 266 Å². The van der Waals surface area contributed by atoms with Gasteiger partial charge in [0.15, 0.2) is 0 Å². The summed E-state index contributed by atoms with van der Waals surface area (Å²) in [4.78, 5) is 10.00. The van der Waals surface area contributed by atoms with Crippen molar-refractivity contribution >= 4 is 44.6 Å². The summed E-state index contributed by atoms with van der Waals surface area (Å²) in [5.41, 5.74) is 22.6. The van der Waals surface area contributed by atoms with Crippen LogP contribution in [0.2, 0.25) is 0 Å². The van der Waals surface area contributed by atoms with Crippen molar-refractivity contribution in [1.82, 2.24) is 9.55 Å². The van der Waals surface area contributed by atoms with E-state index >= 15 is 0 Å². The first kappa shape index (κ1) is 45.2. The highest BCUT2D eigenvalue weighted by Gasteiger charge is 2.32. The van der Waals surface area contributed by atoms with Crippen molar-refractivity contribution in [2.75, 3.05) is 16.5 Å². The first-order chi connectivity index (χ1) is 37.3. The molecule has 76 heavy (non-hydrogen) atoms. The highest BCUT2D eigenvalue weighted by Crippen LogP contribution is 2.52. The summed E-state index contributed by atoms with van der Waals surface area (Å²) in [6.45, 7) is 7.38. The Morgan fingerprint density at radius 1 is 0.434 bits per heavy atom. The molecule has 0 bridgehead atoms. The molecule has 1 aliphatic carbocycles. The molecular formula is C71H54N4O. The zero-order chi connectivity index (χ0) is 50.9. The molecule has 0 N–H and O–H groups in total. The lowest BCUT2D eigenvalue weighted by Gasteiger charge is -2.27. The van der Waals surface area contributed by atoms with Gasteiger partial charge >= 0.3 is 0 Å².